The summed E-state index contributed by atoms with van der Waals surface area (Å²) in [7, 11) is -7.42. The van der Waals surface area contributed by atoms with Crippen LogP contribution in [0.15, 0.2) is 84.9 Å². The molecule has 2 nitrogen and oxygen atoms in total. The van der Waals surface area contributed by atoms with Crippen molar-refractivity contribution < 1.29 is 0 Å². The molecule has 0 aliphatic carbocycles. The predicted octanol–water partition coefficient (Wildman–Crippen LogP) is 25.0. The predicted molar refractivity (Wildman–Crippen MR) is 387 cm³/mol. The van der Waals surface area contributed by atoms with Gasteiger partial charge < -0.3 is 8.46 Å². The van der Waals surface area contributed by atoms with Crippen LogP contribution in [0.4, 0.5) is 11.4 Å². The maximum absolute atomic E-state index is 3.34. The van der Waals surface area contributed by atoms with Gasteiger partial charge in [0.1, 0.15) is 0 Å². The van der Waals surface area contributed by atoms with Gasteiger partial charge in [-0.15, -0.1) is 0 Å². The van der Waals surface area contributed by atoms with Crippen LogP contribution in [0.1, 0.15) is 304 Å². The number of nitrogens with zero attached hydrogens (tertiary/aromatic N) is 2. The van der Waals surface area contributed by atoms with E-state index < -0.39 is 32.5 Å². The van der Waals surface area contributed by atoms with E-state index in [1.165, 1.54) is 111 Å². The van der Waals surface area contributed by atoms with E-state index in [4.69, 9.17) is 0 Å². The van der Waals surface area contributed by atoms with E-state index in [1.807, 2.05) is 0 Å². The number of para-hydroxylation sites is 2. The van der Waals surface area contributed by atoms with Crippen LogP contribution in [0.3, 0.4) is 0 Å². The number of benzene rings is 6. The van der Waals surface area contributed by atoms with Gasteiger partial charge in [0, 0.05) is 33.6 Å². The lowest BCUT2D eigenvalue weighted by Crippen LogP contribution is -2.91. The van der Waals surface area contributed by atoms with Gasteiger partial charge in [0.15, 0.2) is 0 Å². The highest BCUT2D eigenvalue weighted by molar-refractivity contribution is 7.54. The second-order valence-corrected chi connectivity index (χ2v) is 56.0. The Morgan fingerprint density at radius 3 is 0.524 bits per heavy atom. The first kappa shape index (κ1) is 67.3. The molecule has 0 amide bonds. The molecule has 0 unspecified atom stereocenters. The molecule has 0 saturated carbocycles. The van der Waals surface area contributed by atoms with Crippen LogP contribution in [0.25, 0.3) is 44.5 Å². The standard InChI is InChI=1S/C78H116N2Si4/c1-45(2)57-37-65(49(9)10)73(66(38-57)50(11)12)61-33-31-34-62(74-67(51(13)14)39-58(46(3)4)40-68(74)52(15)16)77(61)79-81(83(25,26)27)80(82(79)84(28,29)30)78-63(75-69(53(17)18)41-59(47(5)6)42-70(75)54(19)20)35-32-36-64(78)76-71(55(21)22)43-60(48(7)8)44-72(76)56(23)24/h31-56H,1-30H3. The number of anilines is 2. The first-order chi connectivity index (χ1) is 38.9. The molecule has 454 valence electrons. The Balaban J connectivity index is 1.81. The molecule has 6 heteroatoms. The zero-order valence-corrected chi connectivity index (χ0v) is 62.9. The van der Waals surface area contributed by atoms with Crippen molar-refractivity contribution in [1.29, 1.82) is 0 Å². The fraction of sp³-hybridized carbons (Fsp3) is 0.538. The van der Waals surface area contributed by atoms with Crippen LogP contribution in [0, 0.1) is 0 Å². The van der Waals surface area contributed by atoms with E-state index in [0.717, 1.165) is 0 Å². The third-order valence-electron chi connectivity index (χ3n) is 18.3. The monoisotopic (exact) mass is 1190 g/mol. The minimum absolute atomic E-state index is 0.348. The maximum Gasteiger partial charge on any atom is 0.261 e. The maximum atomic E-state index is 3.34. The molecule has 84 heavy (non-hydrogen) atoms. The van der Waals surface area contributed by atoms with Gasteiger partial charge in [-0.05, 0) is 160 Å². The lowest BCUT2D eigenvalue weighted by atomic mass is 9.78. The van der Waals surface area contributed by atoms with Crippen molar-refractivity contribution in [3.05, 3.63) is 152 Å². The van der Waals surface area contributed by atoms with Crippen molar-refractivity contribution in [3.63, 3.8) is 0 Å². The molecule has 6 aromatic rings. The summed E-state index contributed by atoms with van der Waals surface area (Å²) in [5.74, 6) is 4.53. The van der Waals surface area contributed by atoms with E-state index in [-0.39, 0.29) is 0 Å². The normalized spacial score (nSPS) is 14.3. The van der Waals surface area contributed by atoms with Crippen molar-refractivity contribution >= 4 is 43.8 Å². The average Bonchev–Trinajstić information content (AvgIpc) is 0.732. The zero-order chi connectivity index (χ0) is 62.8. The molecule has 1 fully saturated rings. The van der Waals surface area contributed by atoms with Crippen molar-refractivity contribution in [2.75, 3.05) is 8.46 Å². The average molecular weight is 1190 g/mol. The number of hydrogen-bond acceptors (Lipinski definition) is 2. The molecule has 1 heterocycles. The molecule has 1 aliphatic heterocycles. The summed E-state index contributed by atoms with van der Waals surface area (Å²) in [4.78, 5) is 0. The Kier molecular flexibility index (Phi) is 20.7. The van der Waals surface area contributed by atoms with Gasteiger partial charge in [0.2, 0.25) is 0 Å². The minimum atomic E-state index is -2.16. The molecule has 0 N–H and O–H groups in total. The van der Waals surface area contributed by atoms with Gasteiger partial charge in [-0.1, -0.05) is 290 Å². The zero-order valence-electron chi connectivity index (χ0n) is 58.9. The smallest absolute Gasteiger partial charge is 0.261 e. The summed E-state index contributed by atoms with van der Waals surface area (Å²) >= 11 is 0. The van der Waals surface area contributed by atoms with Gasteiger partial charge in [-0.3, -0.25) is 0 Å². The van der Waals surface area contributed by atoms with Gasteiger partial charge in [-0.2, -0.15) is 0 Å². The van der Waals surface area contributed by atoms with Gasteiger partial charge >= 0.3 is 0 Å². The third-order valence-corrected chi connectivity index (χ3v) is 39.5. The second kappa shape index (κ2) is 25.9. The van der Waals surface area contributed by atoms with Crippen LogP contribution in [0.5, 0.6) is 0 Å². The van der Waals surface area contributed by atoms with Gasteiger partial charge in [0.25, 0.3) is 17.3 Å². The van der Waals surface area contributed by atoms with Crippen molar-refractivity contribution in [2.24, 2.45) is 0 Å². The van der Waals surface area contributed by atoms with E-state index in [2.05, 4.69) is 299 Å². The lowest BCUT2D eigenvalue weighted by molar-refractivity contribution is 0.806. The fourth-order valence-electron chi connectivity index (χ4n) is 13.6. The fourth-order valence-corrected chi connectivity index (χ4v) is 47.9. The van der Waals surface area contributed by atoms with E-state index >= 15 is 0 Å². The first-order valence-electron chi connectivity index (χ1n) is 33.3. The highest BCUT2D eigenvalue weighted by atomic mass is 29.3. The summed E-state index contributed by atoms with van der Waals surface area (Å²) in [6.07, 6.45) is 0. The minimum Gasteiger partial charge on any atom is -0.396 e. The molecule has 0 bridgehead atoms. The molecule has 0 atom stereocenters. The van der Waals surface area contributed by atoms with Crippen molar-refractivity contribution in [1.82, 2.24) is 0 Å². The van der Waals surface area contributed by atoms with Crippen LogP contribution in [-0.4, -0.2) is 32.5 Å². The highest BCUT2D eigenvalue weighted by Gasteiger charge is 2.63. The quantitative estimate of drug-likeness (QED) is 0.0703. The molecular weight excluding hydrogens is 1080 g/mol. The van der Waals surface area contributed by atoms with Crippen LogP contribution in [0.2, 0.25) is 39.3 Å². The first-order valence-corrected chi connectivity index (χ1v) is 45.1. The molecular formula is C78H116N2Si4. The summed E-state index contributed by atoms with van der Waals surface area (Å²) in [5, 5.41) is 0. The SMILES string of the molecule is CC(C)c1cc(C(C)C)c(-c2cccc(-c3c(C(C)C)cc(C(C)C)cc3C(C)C)c2N2[Si]([Si](C)(C)C)N(c3c(-c4c(C(C)C)cc(C(C)C)cc4C(C)C)cccc3-c3c(C(C)C)cc(C(C)C)cc3C(C)C)[Si]2[Si](C)(C)C)c(C(C)C)c1. The third kappa shape index (κ3) is 13.0. The number of rotatable bonds is 20. The summed E-state index contributed by atoms with van der Waals surface area (Å²) in [6.45, 7) is 75.1. The van der Waals surface area contributed by atoms with Gasteiger partial charge in [0.05, 0.1) is 15.2 Å². The Morgan fingerprint density at radius 2 is 0.405 bits per heavy atom. The Morgan fingerprint density at radius 1 is 0.250 bits per heavy atom. The van der Waals surface area contributed by atoms with E-state index in [9.17, 15) is 0 Å². The summed E-state index contributed by atoms with van der Waals surface area (Å²) < 4.78 is 6.69. The molecule has 6 aromatic carbocycles. The molecule has 2 radical (unpaired) electrons. The molecule has 0 aromatic heterocycles. The van der Waals surface area contributed by atoms with Crippen molar-refractivity contribution in [3.8, 4) is 44.5 Å². The molecule has 1 saturated heterocycles. The van der Waals surface area contributed by atoms with E-state index in [1.54, 1.807) is 11.4 Å². The highest BCUT2D eigenvalue weighted by Crippen LogP contribution is 2.57. The summed E-state index contributed by atoms with van der Waals surface area (Å²) in [5.41, 5.74) is 32.7. The van der Waals surface area contributed by atoms with Gasteiger partial charge in [-0.25, -0.2) is 0 Å². The van der Waals surface area contributed by atoms with E-state index in [0.29, 0.717) is 71.0 Å². The Hall–Kier alpha value is -4.21. The Bertz CT molecular complexity index is 2780. The molecule has 0 spiro atoms. The van der Waals surface area contributed by atoms with Crippen molar-refractivity contribution in [2.45, 2.75) is 276 Å². The molecule has 1 aliphatic rings. The lowest BCUT2D eigenvalue weighted by Gasteiger charge is -2.65. The topological polar surface area (TPSA) is 6.48 Å². The Labute approximate surface area is 521 Å². The largest absolute Gasteiger partial charge is 0.396 e. The van der Waals surface area contributed by atoms with Crippen LogP contribution < -0.4 is 8.46 Å². The van der Waals surface area contributed by atoms with Crippen LogP contribution in [-0.2, 0) is 0 Å². The second-order valence-electron chi connectivity index (χ2n) is 31.4. The van der Waals surface area contributed by atoms with Crippen LogP contribution >= 0.6 is 0 Å². The summed E-state index contributed by atoms with van der Waals surface area (Å²) in [6, 6.07) is 36.3. The number of hydrogen-bond donors (Lipinski definition) is 0. The molecule has 7 rings (SSSR count).